The van der Waals surface area contributed by atoms with Gasteiger partial charge in [-0.05, 0) is 48.7 Å². The van der Waals surface area contributed by atoms with Crippen LogP contribution >= 0.6 is 0 Å². The Morgan fingerprint density at radius 2 is 1.73 bits per heavy atom. The van der Waals surface area contributed by atoms with Crippen molar-refractivity contribution in [2.24, 2.45) is 0 Å². The number of hydrogen-bond acceptors (Lipinski definition) is 3. The van der Waals surface area contributed by atoms with Crippen molar-refractivity contribution in [3.05, 3.63) is 65.2 Å². The van der Waals surface area contributed by atoms with Crippen molar-refractivity contribution in [3.8, 4) is 0 Å². The van der Waals surface area contributed by atoms with Crippen LogP contribution in [0.2, 0.25) is 0 Å². The van der Waals surface area contributed by atoms with E-state index in [0.717, 1.165) is 24.0 Å². The third-order valence-electron chi connectivity index (χ3n) is 4.21. The number of nitrogens with zero attached hydrogens (tertiary/aromatic N) is 1. The summed E-state index contributed by atoms with van der Waals surface area (Å²) in [6.45, 7) is 4.92. The average Bonchev–Trinajstić information content (AvgIpc) is 2.60. The second kappa shape index (κ2) is 8.85. The van der Waals surface area contributed by atoms with Crippen LogP contribution in [0.5, 0.6) is 0 Å². The summed E-state index contributed by atoms with van der Waals surface area (Å²) in [4.78, 5) is 12.1. The molecule has 2 rings (SSSR count). The number of nitrogens with one attached hydrogen (secondary N) is 1. The lowest BCUT2D eigenvalue weighted by Crippen LogP contribution is -2.30. The van der Waals surface area contributed by atoms with Crippen molar-refractivity contribution in [2.45, 2.75) is 33.2 Å². The number of carbonyl (C=O) groups is 1. The molecule has 0 aliphatic carbocycles. The number of unbranched alkanes of at least 4 members (excludes halogenated alkanes) is 1. The lowest BCUT2D eigenvalue weighted by atomic mass is 10.1. The van der Waals surface area contributed by atoms with E-state index in [9.17, 15) is 13.2 Å². The molecule has 0 radical (unpaired) electrons. The highest BCUT2D eigenvalue weighted by Crippen LogP contribution is 2.22. The highest BCUT2D eigenvalue weighted by atomic mass is 32.2. The Labute approximate surface area is 156 Å². The predicted octanol–water partition coefficient (Wildman–Crippen LogP) is 3.49. The first-order valence-corrected chi connectivity index (χ1v) is 10.6. The zero-order chi connectivity index (χ0) is 19.2. The van der Waals surface area contributed by atoms with E-state index < -0.39 is 10.0 Å². The summed E-state index contributed by atoms with van der Waals surface area (Å²) in [5, 5.41) is 2.86. The molecule has 2 aromatic rings. The zero-order valence-corrected chi connectivity index (χ0v) is 16.3. The molecule has 0 aliphatic rings. The van der Waals surface area contributed by atoms with Crippen molar-refractivity contribution >= 4 is 21.6 Å². The largest absolute Gasteiger partial charge is 0.352 e. The van der Waals surface area contributed by atoms with Crippen molar-refractivity contribution in [1.82, 2.24) is 5.32 Å². The molecule has 0 bridgehead atoms. The molecule has 0 spiro atoms. The van der Waals surface area contributed by atoms with Crippen LogP contribution in [0.25, 0.3) is 0 Å². The summed E-state index contributed by atoms with van der Waals surface area (Å²) < 4.78 is 25.9. The van der Waals surface area contributed by atoms with Gasteiger partial charge in [0.1, 0.15) is 0 Å². The first-order valence-electron chi connectivity index (χ1n) is 8.73. The Kier molecular flexibility index (Phi) is 6.80. The zero-order valence-electron chi connectivity index (χ0n) is 15.5. The predicted molar refractivity (Wildman–Crippen MR) is 106 cm³/mol. The molecule has 0 atom stereocenters. The molecule has 0 aromatic heterocycles. The maximum atomic E-state index is 12.3. The molecule has 1 N–H and O–H groups in total. The van der Waals surface area contributed by atoms with E-state index in [1.54, 1.807) is 24.3 Å². The molecule has 5 nitrogen and oxygen atoms in total. The highest BCUT2D eigenvalue weighted by Gasteiger charge is 2.19. The fourth-order valence-corrected chi connectivity index (χ4v) is 3.48. The topological polar surface area (TPSA) is 66.5 Å². The summed E-state index contributed by atoms with van der Waals surface area (Å²) in [7, 11) is -3.45. The third kappa shape index (κ3) is 5.33. The standard InChI is InChI=1S/C20H26N2O3S/c1-4-5-14-21-20(23)17-10-12-19(13-11-17)22(26(3,24)25)15-18-9-7-6-8-16(18)2/h6-13H,4-5,14-15H2,1-3H3,(H,21,23). The summed E-state index contributed by atoms with van der Waals surface area (Å²) in [6, 6.07) is 14.4. The molecule has 2 aromatic carbocycles. The lowest BCUT2D eigenvalue weighted by Gasteiger charge is -2.23. The lowest BCUT2D eigenvalue weighted by molar-refractivity contribution is 0.0953. The maximum absolute atomic E-state index is 12.3. The van der Waals surface area contributed by atoms with Gasteiger partial charge in [-0.25, -0.2) is 8.42 Å². The molecule has 0 fully saturated rings. The summed E-state index contributed by atoms with van der Waals surface area (Å²) in [6.07, 6.45) is 3.14. The number of rotatable bonds is 8. The molecular weight excluding hydrogens is 348 g/mol. The highest BCUT2D eigenvalue weighted by molar-refractivity contribution is 7.92. The van der Waals surface area contributed by atoms with Crippen LogP contribution in [0.1, 0.15) is 41.3 Å². The second-order valence-electron chi connectivity index (χ2n) is 6.35. The second-order valence-corrected chi connectivity index (χ2v) is 8.26. The van der Waals surface area contributed by atoms with E-state index in [-0.39, 0.29) is 12.5 Å². The van der Waals surface area contributed by atoms with Gasteiger partial charge in [-0.2, -0.15) is 0 Å². The molecular formula is C20H26N2O3S. The Morgan fingerprint density at radius 1 is 1.08 bits per heavy atom. The van der Waals surface area contributed by atoms with Crippen LogP contribution in [0, 0.1) is 6.92 Å². The van der Waals surface area contributed by atoms with E-state index in [1.807, 2.05) is 31.2 Å². The van der Waals surface area contributed by atoms with Crippen molar-refractivity contribution in [3.63, 3.8) is 0 Å². The van der Waals surface area contributed by atoms with Crippen LogP contribution in [0.4, 0.5) is 5.69 Å². The number of hydrogen-bond donors (Lipinski definition) is 1. The third-order valence-corrected chi connectivity index (χ3v) is 5.35. The van der Waals surface area contributed by atoms with E-state index in [2.05, 4.69) is 12.2 Å². The number of aryl methyl sites for hydroxylation is 1. The van der Waals surface area contributed by atoms with Gasteiger partial charge in [0, 0.05) is 12.1 Å². The van der Waals surface area contributed by atoms with Crippen LogP contribution in [-0.4, -0.2) is 27.1 Å². The number of anilines is 1. The molecule has 0 saturated heterocycles. The minimum atomic E-state index is -3.45. The Bertz CT molecular complexity index is 846. The smallest absolute Gasteiger partial charge is 0.251 e. The average molecular weight is 375 g/mol. The molecule has 140 valence electrons. The Morgan fingerprint density at radius 3 is 2.31 bits per heavy atom. The molecule has 0 aliphatic heterocycles. The molecule has 26 heavy (non-hydrogen) atoms. The molecule has 0 heterocycles. The number of carbonyl (C=O) groups excluding carboxylic acids is 1. The van der Waals surface area contributed by atoms with Gasteiger partial charge in [-0.3, -0.25) is 9.10 Å². The van der Waals surface area contributed by atoms with Gasteiger partial charge in [0.05, 0.1) is 18.5 Å². The number of sulfonamides is 1. The Hall–Kier alpha value is -2.34. The van der Waals surface area contributed by atoms with E-state index in [4.69, 9.17) is 0 Å². The van der Waals surface area contributed by atoms with Gasteiger partial charge < -0.3 is 5.32 Å². The summed E-state index contributed by atoms with van der Waals surface area (Å²) in [5.41, 5.74) is 3.04. The summed E-state index contributed by atoms with van der Waals surface area (Å²) in [5.74, 6) is -0.144. The van der Waals surface area contributed by atoms with Crippen LogP contribution in [0.3, 0.4) is 0 Å². The molecule has 0 unspecified atom stereocenters. The molecule has 1 amide bonds. The molecule has 0 saturated carbocycles. The van der Waals surface area contributed by atoms with Crippen LogP contribution in [-0.2, 0) is 16.6 Å². The fourth-order valence-electron chi connectivity index (χ4n) is 2.60. The maximum Gasteiger partial charge on any atom is 0.251 e. The van der Waals surface area contributed by atoms with Gasteiger partial charge in [-0.15, -0.1) is 0 Å². The monoisotopic (exact) mass is 374 g/mol. The van der Waals surface area contributed by atoms with Crippen molar-refractivity contribution in [2.75, 3.05) is 17.1 Å². The quantitative estimate of drug-likeness (QED) is 0.719. The number of amides is 1. The first kappa shape index (κ1) is 20.0. The summed E-state index contributed by atoms with van der Waals surface area (Å²) >= 11 is 0. The van der Waals surface area contributed by atoms with E-state index >= 15 is 0 Å². The van der Waals surface area contributed by atoms with Crippen molar-refractivity contribution in [1.29, 1.82) is 0 Å². The van der Waals surface area contributed by atoms with Gasteiger partial charge in [0.15, 0.2) is 0 Å². The van der Waals surface area contributed by atoms with Crippen LogP contribution in [0.15, 0.2) is 48.5 Å². The van der Waals surface area contributed by atoms with E-state index in [0.29, 0.717) is 17.8 Å². The van der Waals surface area contributed by atoms with E-state index in [1.165, 1.54) is 10.6 Å². The first-order chi connectivity index (χ1) is 12.3. The SMILES string of the molecule is CCCCNC(=O)c1ccc(N(Cc2ccccc2C)S(C)(=O)=O)cc1. The van der Waals surface area contributed by atoms with Gasteiger partial charge >= 0.3 is 0 Å². The van der Waals surface area contributed by atoms with Gasteiger partial charge in [-0.1, -0.05) is 37.6 Å². The van der Waals surface area contributed by atoms with Gasteiger partial charge in [0.2, 0.25) is 10.0 Å². The fraction of sp³-hybridized carbons (Fsp3) is 0.350. The Balaban J connectivity index is 2.21. The van der Waals surface area contributed by atoms with Gasteiger partial charge in [0.25, 0.3) is 5.91 Å². The number of benzene rings is 2. The van der Waals surface area contributed by atoms with Crippen LogP contribution < -0.4 is 9.62 Å². The minimum Gasteiger partial charge on any atom is -0.352 e. The van der Waals surface area contributed by atoms with Crippen molar-refractivity contribution < 1.29 is 13.2 Å². The normalized spacial score (nSPS) is 11.2. The minimum absolute atomic E-state index is 0.144. The molecule has 6 heteroatoms.